The molecule has 1 saturated carbocycles. The van der Waals surface area contributed by atoms with E-state index in [4.69, 9.17) is 9.47 Å². The Morgan fingerprint density at radius 1 is 1.21 bits per heavy atom. The minimum absolute atomic E-state index is 0.252. The van der Waals surface area contributed by atoms with Gasteiger partial charge in [-0.05, 0) is 37.5 Å². The van der Waals surface area contributed by atoms with Gasteiger partial charge in [-0.3, -0.25) is 4.98 Å². The minimum Gasteiger partial charge on any atom is -0.348 e. The molecule has 2 fully saturated rings. The number of pyridine rings is 1. The maximum Gasteiger partial charge on any atom is 0.168 e. The van der Waals surface area contributed by atoms with Gasteiger partial charge in [-0.25, -0.2) is 0 Å². The van der Waals surface area contributed by atoms with Crippen molar-refractivity contribution in [2.24, 2.45) is 0 Å². The van der Waals surface area contributed by atoms with Crippen LogP contribution in [0.5, 0.6) is 0 Å². The van der Waals surface area contributed by atoms with Crippen molar-refractivity contribution < 1.29 is 9.47 Å². The summed E-state index contributed by atoms with van der Waals surface area (Å²) in [6, 6.07) is 5.07. The molecule has 0 amide bonds. The van der Waals surface area contributed by atoms with Crippen molar-refractivity contribution in [2.45, 2.75) is 50.5 Å². The predicted molar refractivity (Wildman–Crippen MR) is 72.7 cm³/mol. The summed E-state index contributed by atoms with van der Waals surface area (Å²) >= 11 is 0. The van der Waals surface area contributed by atoms with Gasteiger partial charge in [0.1, 0.15) is 0 Å². The fourth-order valence-electron chi connectivity index (χ4n) is 3.11. The number of hydrogen-bond acceptors (Lipinski definition) is 4. The highest BCUT2D eigenvalue weighted by Gasteiger charge is 2.40. The Kier molecular flexibility index (Phi) is 3.82. The molecule has 0 bridgehead atoms. The zero-order valence-corrected chi connectivity index (χ0v) is 11.5. The van der Waals surface area contributed by atoms with E-state index in [2.05, 4.69) is 29.4 Å². The molecule has 1 aliphatic heterocycles. The number of rotatable bonds is 3. The molecule has 19 heavy (non-hydrogen) atoms. The molecule has 2 heterocycles. The van der Waals surface area contributed by atoms with Crippen molar-refractivity contribution in [1.29, 1.82) is 0 Å². The second-order valence-corrected chi connectivity index (χ2v) is 5.55. The van der Waals surface area contributed by atoms with Gasteiger partial charge in [0.25, 0.3) is 0 Å². The van der Waals surface area contributed by atoms with Crippen LogP contribution in [-0.2, 0) is 9.47 Å². The maximum atomic E-state index is 5.76. The van der Waals surface area contributed by atoms with Crippen molar-refractivity contribution in [3.8, 4) is 0 Å². The first-order chi connectivity index (χ1) is 9.27. The number of nitrogens with one attached hydrogen (secondary N) is 1. The fraction of sp³-hybridized carbons (Fsp3) is 0.667. The Hall–Kier alpha value is -0.970. The number of nitrogens with zero attached hydrogens (tertiary/aromatic N) is 1. The van der Waals surface area contributed by atoms with Gasteiger partial charge in [0.15, 0.2) is 5.79 Å². The zero-order valence-electron chi connectivity index (χ0n) is 11.5. The summed E-state index contributed by atoms with van der Waals surface area (Å²) in [7, 11) is 0. The first kappa shape index (κ1) is 13.0. The lowest BCUT2D eigenvalue weighted by Crippen LogP contribution is -2.42. The van der Waals surface area contributed by atoms with Crippen LogP contribution in [0.15, 0.2) is 24.5 Å². The van der Waals surface area contributed by atoms with Crippen molar-refractivity contribution in [3.63, 3.8) is 0 Å². The number of aromatic nitrogens is 1. The van der Waals surface area contributed by atoms with E-state index in [1.807, 2.05) is 12.4 Å². The first-order valence-corrected chi connectivity index (χ1v) is 7.21. The summed E-state index contributed by atoms with van der Waals surface area (Å²) in [5, 5.41) is 3.70. The van der Waals surface area contributed by atoms with E-state index in [0.717, 1.165) is 38.9 Å². The second-order valence-electron chi connectivity index (χ2n) is 5.55. The van der Waals surface area contributed by atoms with Crippen LogP contribution in [-0.4, -0.2) is 30.0 Å². The van der Waals surface area contributed by atoms with Crippen molar-refractivity contribution in [1.82, 2.24) is 10.3 Å². The van der Waals surface area contributed by atoms with Crippen LogP contribution in [0, 0.1) is 0 Å². The summed E-state index contributed by atoms with van der Waals surface area (Å²) in [5.41, 5.74) is 1.30. The Morgan fingerprint density at radius 2 is 1.84 bits per heavy atom. The molecular formula is C15H22N2O2. The highest BCUT2D eigenvalue weighted by Crippen LogP contribution is 2.36. The third kappa shape index (κ3) is 2.96. The predicted octanol–water partition coefficient (Wildman–Crippen LogP) is 2.42. The van der Waals surface area contributed by atoms with E-state index in [-0.39, 0.29) is 5.79 Å². The van der Waals surface area contributed by atoms with Gasteiger partial charge in [-0.1, -0.05) is 0 Å². The molecule has 0 unspecified atom stereocenters. The lowest BCUT2D eigenvalue weighted by atomic mass is 9.89. The smallest absolute Gasteiger partial charge is 0.168 e. The molecule has 3 rings (SSSR count). The first-order valence-electron chi connectivity index (χ1n) is 7.21. The van der Waals surface area contributed by atoms with E-state index < -0.39 is 0 Å². The molecule has 104 valence electrons. The van der Waals surface area contributed by atoms with Crippen molar-refractivity contribution in [2.75, 3.05) is 13.2 Å². The van der Waals surface area contributed by atoms with Crippen molar-refractivity contribution in [3.05, 3.63) is 30.1 Å². The van der Waals surface area contributed by atoms with Crippen LogP contribution in [0.4, 0.5) is 0 Å². The molecule has 1 atom stereocenters. The molecule has 0 aromatic carbocycles. The normalized spacial score (nSPS) is 24.7. The van der Waals surface area contributed by atoms with Crippen LogP contribution in [0.1, 0.15) is 44.2 Å². The highest BCUT2D eigenvalue weighted by molar-refractivity contribution is 5.14. The Bertz CT molecular complexity index is 394. The van der Waals surface area contributed by atoms with Crippen LogP contribution in [0.25, 0.3) is 0 Å². The summed E-state index contributed by atoms with van der Waals surface area (Å²) < 4.78 is 11.5. The van der Waals surface area contributed by atoms with Gasteiger partial charge in [0, 0.05) is 37.3 Å². The Morgan fingerprint density at radius 3 is 2.47 bits per heavy atom. The molecule has 1 aromatic heterocycles. The molecule has 0 radical (unpaired) electrons. The summed E-state index contributed by atoms with van der Waals surface area (Å²) in [6.07, 6.45) is 7.96. The van der Waals surface area contributed by atoms with Gasteiger partial charge in [0.05, 0.1) is 13.2 Å². The fourth-order valence-corrected chi connectivity index (χ4v) is 3.11. The molecule has 1 spiro atoms. The average Bonchev–Trinajstić information content (AvgIpc) is 2.91. The van der Waals surface area contributed by atoms with Gasteiger partial charge in [0.2, 0.25) is 0 Å². The van der Waals surface area contributed by atoms with Crippen molar-refractivity contribution >= 4 is 0 Å². The van der Waals surface area contributed by atoms with E-state index in [9.17, 15) is 0 Å². The quantitative estimate of drug-likeness (QED) is 0.908. The summed E-state index contributed by atoms with van der Waals surface area (Å²) in [4.78, 5) is 4.06. The summed E-state index contributed by atoms with van der Waals surface area (Å²) in [6.45, 7) is 3.72. The molecular weight excluding hydrogens is 240 g/mol. The second kappa shape index (κ2) is 5.57. The minimum atomic E-state index is -0.252. The monoisotopic (exact) mass is 262 g/mol. The third-order valence-electron chi connectivity index (χ3n) is 4.25. The van der Waals surface area contributed by atoms with Crippen LogP contribution in [0.2, 0.25) is 0 Å². The van der Waals surface area contributed by atoms with Crippen LogP contribution >= 0.6 is 0 Å². The molecule has 1 N–H and O–H groups in total. The van der Waals surface area contributed by atoms with Gasteiger partial charge < -0.3 is 14.8 Å². The van der Waals surface area contributed by atoms with E-state index >= 15 is 0 Å². The lowest BCUT2D eigenvalue weighted by Gasteiger charge is -2.36. The van der Waals surface area contributed by atoms with Gasteiger partial charge >= 0.3 is 0 Å². The molecule has 1 saturated heterocycles. The standard InChI is InChI=1S/C15H22N2O2/c1-12(13-4-8-16-9-5-13)17-14-2-6-15(7-3-14)18-10-11-19-15/h4-5,8-9,12,14,17H,2-3,6-7,10-11H2,1H3/t12-/m0/s1. The lowest BCUT2D eigenvalue weighted by molar-refractivity contribution is -0.179. The molecule has 1 aliphatic carbocycles. The Labute approximate surface area is 114 Å². The SMILES string of the molecule is C[C@H](NC1CCC2(CC1)OCCO2)c1ccncc1. The van der Waals surface area contributed by atoms with E-state index in [1.54, 1.807) is 0 Å². The van der Waals surface area contributed by atoms with E-state index in [1.165, 1.54) is 5.56 Å². The molecule has 2 aliphatic rings. The Balaban J connectivity index is 1.52. The number of ether oxygens (including phenoxy) is 2. The van der Waals surface area contributed by atoms with Crippen LogP contribution < -0.4 is 5.32 Å². The third-order valence-corrected chi connectivity index (χ3v) is 4.25. The molecule has 1 aromatic rings. The zero-order chi connectivity index (χ0) is 13.1. The van der Waals surface area contributed by atoms with Crippen LogP contribution in [0.3, 0.4) is 0 Å². The van der Waals surface area contributed by atoms with Gasteiger partial charge in [-0.15, -0.1) is 0 Å². The summed E-state index contributed by atoms with van der Waals surface area (Å²) in [5.74, 6) is -0.252. The topological polar surface area (TPSA) is 43.4 Å². The average molecular weight is 262 g/mol. The largest absolute Gasteiger partial charge is 0.348 e. The molecule has 4 heteroatoms. The molecule has 4 nitrogen and oxygen atoms in total. The highest BCUT2D eigenvalue weighted by atomic mass is 16.7. The van der Waals surface area contributed by atoms with E-state index in [0.29, 0.717) is 12.1 Å². The number of hydrogen-bond donors (Lipinski definition) is 1. The maximum absolute atomic E-state index is 5.76. The van der Waals surface area contributed by atoms with Gasteiger partial charge in [-0.2, -0.15) is 0 Å².